The van der Waals surface area contributed by atoms with Gasteiger partial charge >= 0.3 is 0 Å². The Morgan fingerprint density at radius 2 is 2.10 bits per heavy atom. The zero-order valence-electron chi connectivity index (χ0n) is 6.85. The number of rotatable bonds is 7. The molecule has 0 amide bonds. The first kappa shape index (κ1) is 9.88. The molecule has 0 bridgehead atoms. The number of hydrogen-bond acceptors (Lipinski definition) is 3. The zero-order valence-corrected chi connectivity index (χ0v) is 6.85. The van der Waals surface area contributed by atoms with E-state index in [0.717, 1.165) is 32.6 Å². The fourth-order valence-corrected chi connectivity index (χ4v) is 0.535. The van der Waals surface area contributed by atoms with E-state index in [1.54, 1.807) is 7.11 Å². The van der Waals surface area contributed by atoms with Crippen molar-refractivity contribution in [3.05, 3.63) is 0 Å². The molecule has 10 heavy (non-hydrogen) atoms. The summed E-state index contributed by atoms with van der Waals surface area (Å²) in [6, 6.07) is 0. The Kier molecular flexibility index (Phi) is 8.77. The van der Waals surface area contributed by atoms with Crippen LogP contribution in [0.4, 0.5) is 0 Å². The lowest BCUT2D eigenvalue weighted by molar-refractivity contribution is 0.0368. The van der Waals surface area contributed by atoms with Gasteiger partial charge in [0.2, 0.25) is 0 Å². The molecule has 0 spiro atoms. The van der Waals surface area contributed by atoms with Crippen molar-refractivity contribution in [2.24, 2.45) is 0 Å². The van der Waals surface area contributed by atoms with Gasteiger partial charge in [0, 0.05) is 20.3 Å². The summed E-state index contributed by atoms with van der Waals surface area (Å²) in [5.74, 6) is 0. The molecule has 62 valence electrons. The smallest absolute Gasteiger partial charge is 0.0679 e. The van der Waals surface area contributed by atoms with Crippen molar-refractivity contribution in [1.82, 2.24) is 5.48 Å². The summed E-state index contributed by atoms with van der Waals surface area (Å²) in [5.41, 5.74) is 2.84. The molecule has 3 heteroatoms. The molecule has 0 fully saturated rings. The summed E-state index contributed by atoms with van der Waals surface area (Å²) >= 11 is 0. The molecule has 0 aromatic heterocycles. The van der Waals surface area contributed by atoms with Gasteiger partial charge in [-0.25, -0.2) is 5.48 Å². The molecule has 0 aliphatic carbocycles. The van der Waals surface area contributed by atoms with Gasteiger partial charge in [-0.05, 0) is 12.8 Å². The molecule has 3 nitrogen and oxygen atoms in total. The van der Waals surface area contributed by atoms with Gasteiger partial charge in [0.1, 0.15) is 0 Å². The first-order chi connectivity index (χ1) is 4.91. The molecule has 0 aromatic carbocycles. The van der Waals surface area contributed by atoms with Crippen molar-refractivity contribution in [1.29, 1.82) is 0 Å². The maximum atomic E-state index is 5.02. The van der Waals surface area contributed by atoms with Crippen LogP contribution in [0.3, 0.4) is 0 Å². The zero-order chi connectivity index (χ0) is 7.66. The van der Waals surface area contributed by atoms with Crippen LogP contribution in [0.25, 0.3) is 0 Å². The minimum atomic E-state index is 0.785. The van der Waals surface area contributed by atoms with Gasteiger partial charge in [0.05, 0.1) is 6.61 Å². The predicted molar refractivity (Wildman–Crippen MR) is 40.7 cm³/mol. The maximum absolute atomic E-state index is 5.02. The lowest BCUT2D eigenvalue weighted by Gasteiger charge is -2.02. The highest BCUT2D eigenvalue weighted by Gasteiger charge is 1.85. The van der Waals surface area contributed by atoms with Crippen LogP contribution in [-0.4, -0.2) is 26.9 Å². The van der Waals surface area contributed by atoms with Crippen LogP contribution >= 0.6 is 0 Å². The predicted octanol–water partition coefficient (Wildman–Crippen LogP) is 0.954. The Bertz CT molecular complexity index is 51.6. The maximum Gasteiger partial charge on any atom is 0.0679 e. The molecule has 0 aliphatic heterocycles. The third-order valence-electron chi connectivity index (χ3n) is 1.04. The van der Waals surface area contributed by atoms with Crippen molar-refractivity contribution >= 4 is 0 Å². The quantitative estimate of drug-likeness (QED) is 0.429. The van der Waals surface area contributed by atoms with E-state index >= 15 is 0 Å². The van der Waals surface area contributed by atoms with Crippen molar-refractivity contribution in [2.75, 3.05) is 26.9 Å². The van der Waals surface area contributed by atoms with Gasteiger partial charge in [-0.2, -0.15) is 0 Å². The van der Waals surface area contributed by atoms with Crippen LogP contribution in [0.5, 0.6) is 0 Å². The summed E-state index contributed by atoms with van der Waals surface area (Å²) in [6.07, 6.45) is 2.05. The van der Waals surface area contributed by atoms with Gasteiger partial charge < -0.3 is 9.57 Å². The van der Waals surface area contributed by atoms with E-state index in [1.165, 1.54) is 0 Å². The summed E-state index contributed by atoms with van der Waals surface area (Å²) < 4.78 is 4.85. The van der Waals surface area contributed by atoms with Crippen LogP contribution in [0, 0.1) is 0 Å². The van der Waals surface area contributed by atoms with E-state index in [2.05, 4.69) is 12.4 Å². The Balaban J connectivity index is 2.65. The van der Waals surface area contributed by atoms with Crippen molar-refractivity contribution in [2.45, 2.75) is 19.8 Å². The molecule has 0 atom stereocenters. The van der Waals surface area contributed by atoms with Gasteiger partial charge in [0.25, 0.3) is 0 Å². The minimum Gasteiger partial charge on any atom is -0.385 e. The molecule has 0 saturated heterocycles. The second kappa shape index (κ2) is 8.88. The second-order valence-electron chi connectivity index (χ2n) is 2.09. The number of ether oxygens (including phenoxy) is 1. The molecule has 0 aliphatic rings. The van der Waals surface area contributed by atoms with E-state index in [1.807, 2.05) is 0 Å². The van der Waals surface area contributed by atoms with Gasteiger partial charge in [-0.1, -0.05) is 6.92 Å². The van der Waals surface area contributed by atoms with Gasteiger partial charge in [-0.3, -0.25) is 0 Å². The van der Waals surface area contributed by atoms with Gasteiger partial charge in [0.15, 0.2) is 0 Å². The highest BCUT2D eigenvalue weighted by Crippen LogP contribution is 1.78. The first-order valence-corrected chi connectivity index (χ1v) is 3.75. The van der Waals surface area contributed by atoms with E-state index in [9.17, 15) is 0 Å². The topological polar surface area (TPSA) is 30.5 Å². The summed E-state index contributed by atoms with van der Waals surface area (Å²) in [7, 11) is 1.70. The van der Waals surface area contributed by atoms with Crippen LogP contribution in [-0.2, 0) is 9.57 Å². The van der Waals surface area contributed by atoms with Crippen LogP contribution < -0.4 is 5.48 Å². The Hall–Kier alpha value is -0.120. The monoisotopic (exact) mass is 147 g/mol. The normalized spacial score (nSPS) is 10.2. The second-order valence-corrected chi connectivity index (χ2v) is 2.09. The average Bonchev–Trinajstić information content (AvgIpc) is 1.97. The highest BCUT2D eigenvalue weighted by atomic mass is 16.6. The molecule has 0 rings (SSSR count). The Morgan fingerprint density at radius 3 is 2.70 bits per heavy atom. The fourth-order valence-electron chi connectivity index (χ4n) is 0.535. The third-order valence-corrected chi connectivity index (χ3v) is 1.04. The molecule has 0 radical (unpaired) electrons. The van der Waals surface area contributed by atoms with Crippen molar-refractivity contribution in [3.8, 4) is 0 Å². The van der Waals surface area contributed by atoms with E-state index in [0.29, 0.717) is 0 Å². The van der Waals surface area contributed by atoms with E-state index in [-0.39, 0.29) is 0 Å². The molecule has 0 aromatic rings. The third kappa shape index (κ3) is 7.88. The molecule has 1 N–H and O–H groups in total. The standard InChI is InChI=1S/C7H17NO2/c1-3-6-10-8-5-4-7-9-2/h8H,3-7H2,1-2H3. The first-order valence-electron chi connectivity index (χ1n) is 3.75. The highest BCUT2D eigenvalue weighted by molar-refractivity contribution is 4.35. The van der Waals surface area contributed by atoms with Gasteiger partial charge in [-0.15, -0.1) is 0 Å². The molecule has 0 saturated carbocycles. The summed E-state index contributed by atoms with van der Waals surface area (Å²) in [5, 5.41) is 0. The molecule has 0 heterocycles. The lowest BCUT2D eigenvalue weighted by atomic mass is 10.5. The number of nitrogens with one attached hydrogen (secondary N) is 1. The van der Waals surface area contributed by atoms with Crippen molar-refractivity contribution < 1.29 is 9.57 Å². The summed E-state index contributed by atoms with van der Waals surface area (Å²) in [6.45, 7) is 4.53. The fraction of sp³-hybridized carbons (Fsp3) is 1.00. The lowest BCUT2D eigenvalue weighted by Crippen LogP contribution is -2.17. The van der Waals surface area contributed by atoms with Crippen LogP contribution in [0.15, 0.2) is 0 Å². The molecule has 0 unspecified atom stereocenters. The number of methoxy groups -OCH3 is 1. The number of hydrogen-bond donors (Lipinski definition) is 1. The Morgan fingerprint density at radius 1 is 1.30 bits per heavy atom. The average molecular weight is 147 g/mol. The Labute approximate surface area is 62.7 Å². The number of hydroxylamine groups is 1. The SMILES string of the molecule is CCCONCCCOC. The van der Waals surface area contributed by atoms with E-state index in [4.69, 9.17) is 9.57 Å². The minimum absolute atomic E-state index is 0.785. The van der Waals surface area contributed by atoms with Crippen molar-refractivity contribution in [3.63, 3.8) is 0 Å². The van der Waals surface area contributed by atoms with Crippen LogP contribution in [0.1, 0.15) is 19.8 Å². The molecular formula is C7H17NO2. The van der Waals surface area contributed by atoms with E-state index < -0.39 is 0 Å². The largest absolute Gasteiger partial charge is 0.385 e. The van der Waals surface area contributed by atoms with Crippen LogP contribution in [0.2, 0.25) is 0 Å². The summed E-state index contributed by atoms with van der Waals surface area (Å²) in [4.78, 5) is 5.02. The molecular weight excluding hydrogens is 130 g/mol.